The Labute approximate surface area is 81.4 Å². The Morgan fingerprint density at radius 1 is 1.50 bits per heavy atom. The van der Waals surface area contributed by atoms with E-state index >= 15 is 0 Å². The van der Waals surface area contributed by atoms with E-state index in [1.54, 1.807) is 12.1 Å². The standard InChI is InChI=1S/C11H10O3/c1-6-2-3-7-8(4-6)10(12)5-9(7)11(13)14/h2-4,9H,5H2,1H3,(H,13,14)/t9-/m0/s1. The Kier molecular flexibility index (Phi) is 1.88. The minimum atomic E-state index is -0.916. The van der Waals surface area contributed by atoms with Crippen LogP contribution in [0.15, 0.2) is 18.2 Å². The Balaban J connectivity index is 2.55. The van der Waals surface area contributed by atoms with E-state index in [0.29, 0.717) is 11.1 Å². The number of carboxylic acids is 1. The molecule has 1 aromatic carbocycles. The van der Waals surface area contributed by atoms with E-state index < -0.39 is 11.9 Å². The van der Waals surface area contributed by atoms with Gasteiger partial charge in [0.2, 0.25) is 0 Å². The van der Waals surface area contributed by atoms with Crippen molar-refractivity contribution in [3.05, 3.63) is 34.9 Å². The second-order valence-electron chi connectivity index (χ2n) is 3.61. The molecule has 2 rings (SSSR count). The van der Waals surface area contributed by atoms with E-state index in [-0.39, 0.29) is 12.2 Å². The fourth-order valence-electron chi connectivity index (χ4n) is 1.84. The molecule has 0 unspecified atom stereocenters. The third kappa shape index (κ3) is 1.21. The zero-order chi connectivity index (χ0) is 10.3. The highest BCUT2D eigenvalue weighted by atomic mass is 16.4. The Hall–Kier alpha value is -1.64. The number of hydrogen-bond donors (Lipinski definition) is 1. The summed E-state index contributed by atoms with van der Waals surface area (Å²) < 4.78 is 0. The van der Waals surface area contributed by atoms with E-state index in [4.69, 9.17) is 5.11 Å². The number of benzene rings is 1. The zero-order valence-electron chi connectivity index (χ0n) is 7.78. The lowest BCUT2D eigenvalue weighted by molar-refractivity contribution is -0.138. The van der Waals surface area contributed by atoms with Gasteiger partial charge in [0.25, 0.3) is 0 Å². The van der Waals surface area contributed by atoms with E-state index in [0.717, 1.165) is 5.56 Å². The molecule has 1 atom stereocenters. The number of carboxylic acid groups (broad SMARTS) is 1. The molecule has 14 heavy (non-hydrogen) atoms. The predicted molar refractivity (Wildman–Crippen MR) is 50.5 cm³/mol. The number of rotatable bonds is 1. The number of hydrogen-bond acceptors (Lipinski definition) is 2. The lowest BCUT2D eigenvalue weighted by atomic mass is 10.0. The Bertz CT molecular complexity index is 421. The monoisotopic (exact) mass is 190 g/mol. The molecule has 0 amide bonds. The van der Waals surface area contributed by atoms with Crippen molar-refractivity contribution in [3.8, 4) is 0 Å². The van der Waals surface area contributed by atoms with Crippen LogP contribution < -0.4 is 0 Å². The molecular weight excluding hydrogens is 180 g/mol. The SMILES string of the molecule is Cc1ccc2c(c1)C(=O)C[C@@H]2C(=O)O. The largest absolute Gasteiger partial charge is 0.481 e. The second-order valence-corrected chi connectivity index (χ2v) is 3.61. The van der Waals surface area contributed by atoms with E-state index in [2.05, 4.69) is 0 Å². The number of aryl methyl sites for hydroxylation is 1. The smallest absolute Gasteiger partial charge is 0.311 e. The molecule has 0 fully saturated rings. The minimum Gasteiger partial charge on any atom is -0.481 e. The van der Waals surface area contributed by atoms with Crippen LogP contribution in [0.2, 0.25) is 0 Å². The van der Waals surface area contributed by atoms with Crippen molar-refractivity contribution < 1.29 is 14.7 Å². The summed E-state index contributed by atoms with van der Waals surface area (Å²) in [6, 6.07) is 5.35. The first-order valence-corrected chi connectivity index (χ1v) is 4.46. The number of carbonyl (C=O) groups excluding carboxylic acids is 1. The van der Waals surface area contributed by atoms with Gasteiger partial charge in [0.1, 0.15) is 0 Å². The number of carbonyl (C=O) groups is 2. The molecule has 0 bridgehead atoms. The summed E-state index contributed by atoms with van der Waals surface area (Å²) in [5.41, 5.74) is 2.23. The summed E-state index contributed by atoms with van der Waals surface area (Å²) in [6.45, 7) is 1.89. The molecule has 0 aromatic heterocycles. The minimum absolute atomic E-state index is 0.0592. The van der Waals surface area contributed by atoms with Crippen LogP contribution in [0.1, 0.15) is 33.8 Å². The summed E-state index contributed by atoms with van der Waals surface area (Å²) in [7, 11) is 0. The Morgan fingerprint density at radius 2 is 2.21 bits per heavy atom. The van der Waals surface area contributed by atoms with Gasteiger partial charge in [-0.15, -0.1) is 0 Å². The molecule has 1 aliphatic carbocycles. The van der Waals surface area contributed by atoms with Crippen molar-refractivity contribution in [2.24, 2.45) is 0 Å². The van der Waals surface area contributed by atoms with Gasteiger partial charge in [-0.2, -0.15) is 0 Å². The van der Waals surface area contributed by atoms with Crippen LogP contribution in [0.3, 0.4) is 0 Å². The van der Waals surface area contributed by atoms with Crippen LogP contribution in [0.25, 0.3) is 0 Å². The molecule has 1 aromatic rings. The molecule has 0 aliphatic heterocycles. The van der Waals surface area contributed by atoms with Gasteiger partial charge >= 0.3 is 5.97 Å². The highest BCUT2D eigenvalue weighted by Crippen LogP contribution is 2.33. The van der Waals surface area contributed by atoms with Crippen LogP contribution in [0, 0.1) is 6.92 Å². The normalized spacial score (nSPS) is 19.5. The topological polar surface area (TPSA) is 54.4 Å². The fourth-order valence-corrected chi connectivity index (χ4v) is 1.84. The average Bonchev–Trinajstić information content (AvgIpc) is 2.44. The van der Waals surface area contributed by atoms with Crippen molar-refractivity contribution in [1.82, 2.24) is 0 Å². The number of fused-ring (bicyclic) bond motifs is 1. The van der Waals surface area contributed by atoms with Crippen LogP contribution in [-0.2, 0) is 4.79 Å². The maximum atomic E-state index is 11.5. The van der Waals surface area contributed by atoms with E-state index in [1.165, 1.54) is 0 Å². The lowest BCUT2D eigenvalue weighted by Crippen LogP contribution is -2.08. The van der Waals surface area contributed by atoms with Gasteiger partial charge in [0.15, 0.2) is 5.78 Å². The number of Topliss-reactive ketones (excluding diaryl/α,β-unsaturated/α-hetero) is 1. The number of aliphatic carboxylic acids is 1. The predicted octanol–water partition coefficient (Wildman–Crippen LogP) is 1.75. The molecule has 0 spiro atoms. The van der Waals surface area contributed by atoms with Crippen molar-refractivity contribution in [3.63, 3.8) is 0 Å². The van der Waals surface area contributed by atoms with Gasteiger partial charge in [-0.25, -0.2) is 0 Å². The van der Waals surface area contributed by atoms with Gasteiger partial charge in [-0.3, -0.25) is 9.59 Å². The van der Waals surface area contributed by atoms with Gasteiger partial charge in [0.05, 0.1) is 5.92 Å². The average molecular weight is 190 g/mol. The van der Waals surface area contributed by atoms with Crippen LogP contribution >= 0.6 is 0 Å². The highest BCUT2D eigenvalue weighted by molar-refractivity contribution is 6.05. The summed E-state index contributed by atoms with van der Waals surface area (Å²) in [5, 5.41) is 8.89. The zero-order valence-corrected chi connectivity index (χ0v) is 7.78. The first-order valence-electron chi connectivity index (χ1n) is 4.46. The highest BCUT2D eigenvalue weighted by Gasteiger charge is 2.33. The van der Waals surface area contributed by atoms with Gasteiger partial charge < -0.3 is 5.11 Å². The molecular formula is C11H10O3. The fraction of sp³-hybridized carbons (Fsp3) is 0.273. The van der Waals surface area contributed by atoms with Gasteiger partial charge in [-0.1, -0.05) is 17.7 Å². The summed E-state index contributed by atoms with van der Waals surface area (Å²) >= 11 is 0. The third-order valence-electron chi connectivity index (χ3n) is 2.57. The quantitative estimate of drug-likeness (QED) is 0.733. The molecule has 0 saturated carbocycles. The summed E-state index contributed by atoms with van der Waals surface area (Å²) in [5.74, 6) is -1.62. The summed E-state index contributed by atoms with van der Waals surface area (Å²) in [4.78, 5) is 22.3. The van der Waals surface area contributed by atoms with Crippen molar-refractivity contribution in [1.29, 1.82) is 0 Å². The van der Waals surface area contributed by atoms with Crippen LogP contribution in [0.4, 0.5) is 0 Å². The van der Waals surface area contributed by atoms with Crippen molar-refractivity contribution in [2.45, 2.75) is 19.3 Å². The van der Waals surface area contributed by atoms with Gasteiger partial charge in [-0.05, 0) is 18.6 Å². The first-order chi connectivity index (χ1) is 6.59. The lowest BCUT2D eigenvalue weighted by Gasteiger charge is -2.04. The van der Waals surface area contributed by atoms with Crippen molar-refractivity contribution >= 4 is 11.8 Å². The molecule has 72 valence electrons. The molecule has 3 nitrogen and oxygen atoms in total. The van der Waals surface area contributed by atoms with E-state index in [1.807, 2.05) is 13.0 Å². The maximum absolute atomic E-state index is 11.5. The molecule has 3 heteroatoms. The van der Waals surface area contributed by atoms with Gasteiger partial charge in [0, 0.05) is 12.0 Å². The van der Waals surface area contributed by atoms with Crippen molar-refractivity contribution in [2.75, 3.05) is 0 Å². The Morgan fingerprint density at radius 3 is 2.86 bits per heavy atom. The number of ketones is 1. The molecule has 0 radical (unpaired) electrons. The second kappa shape index (κ2) is 2.94. The van der Waals surface area contributed by atoms with Crippen LogP contribution in [0.5, 0.6) is 0 Å². The summed E-state index contributed by atoms with van der Waals surface area (Å²) in [6.07, 6.45) is 0.105. The maximum Gasteiger partial charge on any atom is 0.311 e. The third-order valence-corrected chi connectivity index (χ3v) is 2.57. The molecule has 0 heterocycles. The molecule has 0 saturated heterocycles. The van der Waals surface area contributed by atoms with E-state index in [9.17, 15) is 9.59 Å². The first kappa shape index (κ1) is 8.94. The van der Waals surface area contributed by atoms with Crippen LogP contribution in [-0.4, -0.2) is 16.9 Å². The molecule has 1 aliphatic rings. The molecule has 1 N–H and O–H groups in total.